The van der Waals surface area contributed by atoms with E-state index in [-0.39, 0.29) is 24.4 Å². The van der Waals surface area contributed by atoms with E-state index in [1.807, 2.05) is 43.3 Å². The first-order valence-corrected chi connectivity index (χ1v) is 7.94. The van der Waals surface area contributed by atoms with Crippen LogP contribution in [0.15, 0.2) is 48.5 Å². The molecule has 0 radical (unpaired) electrons. The number of nitrogens with one attached hydrogen (secondary N) is 1. The molecular weight excluding hydrogens is 347 g/mol. The minimum atomic E-state index is -0.155. The van der Waals surface area contributed by atoms with Crippen LogP contribution >= 0.6 is 24.0 Å². The van der Waals surface area contributed by atoms with Crippen LogP contribution < -0.4 is 15.8 Å². The highest BCUT2D eigenvalue weighted by Crippen LogP contribution is 2.20. The minimum absolute atomic E-state index is 0. The summed E-state index contributed by atoms with van der Waals surface area (Å²) in [6.45, 7) is 2.83. The van der Waals surface area contributed by atoms with Crippen LogP contribution in [0.1, 0.15) is 29.3 Å². The molecule has 0 bridgehead atoms. The van der Waals surface area contributed by atoms with Crippen LogP contribution in [0, 0.1) is 0 Å². The summed E-state index contributed by atoms with van der Waals surface area (Å²) in [5.74, 6) is 0.401. The maximum absolute atomic E-state index is 12.3. The molecule has 130 valence electrons. The molecule has 2 aromatic rings. The second-order valence-electron chi connectivity index (χ2n) is 5.43. The first-order chi connectivity index (χ1) is 11.1. The highest BCUT2D eigenvalue weighted by Gasteiger charge is 2.12. The van der Waals surface area contributed by atoms with Gasteiger partial charge >= 0.3 is 0 Å². The van der Waals surface area contributed by atoms with Crippen molar-refractivity contribution in [3.63, 3.8) is 0 Å². The number of ether oxygens (including phenoxy) is 1. The van der Waals surface area contributed by atoms with E-state index in [1.54, 1.807) is 12.1 Å². The quantitative estimate of drug-likeness (QED) is 0.780. The van der Waals surface area contributed by atoms with Gasteiger partial charge in [0.15, 0.2) is 0 Å². The Morgan fingerprint density at radius 1 is 1.21 bits per heavy atom. The van der Waals surface area contributed by atoms with Crippen molar-refractivity contribution in [1.29, 1.82) is 0 Å². The molecule has 0 aliphatic rings. The number of benzene rings is 2. The third-order valence-electron chi connectivity index (χ3n) is 3.32. The van der Waals surface area contributed by atoms with E-state index < -0.39 is 0 Å². The molecular formula is C18H22Cl2N2O2. The summed E-state index contributed by atoms with van der Waals surface area (Å²) in [6, 6.07) is 14.7. The van der Waals surface area contributed by atoms with Crippen LogP contribution in [0.2, 0.25) is 5.02 Å². The summed E-state index contributed by atoms with van der Waals surface area (Å²) in [5.41, 5.74) is 7.19. The van der Waals surface area contributed by atoms with E-state index in [1.165, 1.54) is 0 Å². The lowest BCUT2D eigenvalue weighted by molar-refractivity contribution is 0.0948. The van der Waals surface area contributed by atoms with Gasteiger partial charge in [0.2, 0.25) is 0 Å². The number of nitrogens with two attached hydrogens (primary N) is 1. The van der Waals surface area contributed by atoms with Crippen molar-refractivity contribution >= 4 is 29.9 Å². The molecule has 0 fully saturated rings. The zero-order valence-corrected chi connectivity index (χ0v) is 15.1. The predicted octanol–water partition coefficient (Wildman–Crippen LogP) is 3.81. The van der Waals surface area contributed by atoms with Crippen molar-refractivity contribution in [3.05, 3.63) is 64.7 Å². The van der Waals surface area contributed by atoms with Gasteiger partial charge in [0.05, 0.1) is 5.56 Å². The lowest BCUT2D eigenvalue weighted by Crippen LogP contribution is -2.29. The highest BCUT2D eigenvalue weighted by molar-refractivity contribution is 6.30. The Balaban J connectivity index is 0.00000288. The van der Waals surface area contributed by atoms with Gasteiger partial charge in [-0.3, -0.25) is 4.79 Å². The molecule has 1 unspecified atom stereocenters. The fourth-order valence-corrected chi connectivity index (χ4v) is 2.16. The highest BCUT2D eigenvalue weighted by atomic mass is 35.5. The topological polar surface area (TPSA) is 64.3 Å². The fraction of sp³-hybridized carbons (Fsp3) is 0.278. The van der Waals surface area contributed by atoms with Crippen LogP contribution in [0.5, 0.6) is 5.75 Å². The molecule has 2 rings (SSSR count). The van der Waals surface area contributed by atoms with Crippen molar-refractivity contribution in [3.8, 4) is 5.75 Å². The monoisotopic (exact) mass is 368 g/mol. The number of carbonyl (C=O) groups excluding carboxylic acids is 1. The van der Waals surface area contributed by atoms with Gasteiger partial charge in [0.25, 0.3) is 5.91 Å². The van der Waals surface area contributed by atoms with E-state index in [9.17, 15) is 4.79 Å². The van der Waals surface area contributed by atoms with E-state index in [2.05, 4.69) is 5.32 Å². The van der Waals surface area contributed by atoms with Crippen molar-refractivity contribution in [1.82, 2.24) is 5.32 Å². The van der Waals surface area contributed by atoms with E-state index in [4.69, 9.17) is 22.1 Å². The molecule has 0 spiro atoms. The van der Waals surface area contributed by atoms with Crippen molar-refractivity contribution in [2.45, 2.75) is 26.0 Å². The molecule has 0 heterocycles. The van der Waals surface area contributed by atoms with Crippen LogP contribution in [0.25, 0.3) is 0 Å². The number of rotatable bonds is 7. The van der Waals surface area contributed by atoms with Gasteiger partial charge in [-0.2, -0.15) is 0 Å². The van der Waals surface area contributed by atoms with Crippen LogP contribution in [-0.4, -0.2) is 18.5 Å². The molecule has 3 N–H and O–H groups in total. The van der Waals surface area contributed by atoms with Gasteiger partial charge in [-0.05, 0) is 43.2 Å². The van der Waals surface area contributed by atoms with Gasteiger partial charge in [0.1, 0.15) is 12.4 Å². The number of hydrogen-bond donors (Lipinski definition) is 2. The Bertz CT molecular complexity index is 646. The summed E-state index contributed by atoms with van der Waals surface area (Å²) in [7, 11) is 0. The molecule has 1 amide bonds. The molecule has 0 aliphatic carbocycles. The second-order valence-corrected chi connectivity index (χ2v) is 5.87. The fourth-order valence-electron chi connectivity index (χ4n) is 2.03. The molecule has 4 nitrogen and oxygen atoms in total. The average Bonchev–Trinajstić information content (AvgIpc) is 2.54. The zero-order chi connectivity index (χ0) is 16.7. The summed E-state index contributed by atoms with van der Waals surface area (Å²) >= 11 is 5.86. The van der Waals surface area contributed by atoms with Crippen LogP contribution in [0.3, 0.4) is 0 Å². The van der Waals surface area contributed by atoms with Gasteiger partial charge in [0, 0.05) is 17.6 Å². The molecule has 0 aromatic heterocycles. The normalized spacial score (nSPS) is 11.3. The predicted molar refractivity (Wildman–Crippen MR) is 100 cm³/mol. The number of para-hydroxylation sites is 1. The summed E-state index contributed by atoms with van der Waals surface area (Å²) < 4.78 is 5.78. The van der Waals surface area contributed by atoms with E-state index in [0.717, 1.165) is 12.0 Å². The SMILES string of the molecule is CC(N)CCNC(=O)c1ccccc1OCc1ccc(Cl)cc1.Cl. The average molecular weight is 369 g/mol. The Morgan fingerprint density at radius 3 is 2.54 bits per heavy atom. The first kappa shape index (κ1) is 20.3. The summed E-state index contributed by atoms with van der Waals surface area (Å²) in [5, 5.41) is 3.54. The van der Waals surface area contributed by atoms with Gasteiger partial charge < -0.3 is 15.8 Å². The lowest BCUT2D eigenvalue weighted by atomic mass is 10.1. The molecule has 6 heteroatoms. The standard InChI is InChI=1S/C18H21ClN2O2.ClH/c1-13(20)10-11-21-18(22)16-4-2-3-5-17(16)23-12-14-6-8-15(19)9-7-14;/h2-9,13H,10-12,20H2,1H3,(H,21,22);1H. The lowest BCUT2D eigenvalue weighted by Gasteiger charge is -2.12. The molecule has 0 saturated carbocycles. The van der Waals surface area contributed by atoms with Crippen molar-refractivity contribution in [2.75, 3.05) is 6.54 Å². The molecule has 1 atom stereocenters. The van der Waals surface area contributed by atoms with Gasteiger partial charge in [-0.1, -0.05) is 35.9 Å². The number of carbonyl (C=O) groups is 1. The summed E-state index contributed by atoms with van der Waals surface area (Å²) in [6.07, 6.45) is 0.736. The smallest absolute Gasteiger partial charge is 0.255 e. The Labute approximate surface area is 153 Å². The Hall–Kier alpha value is -1.75. The summed E-state index contributed by atoms with van der Waals surface area (Å²) in [4.78, 5) is 12.3. The first-order valence-electron chi connectivity index (χ1n) is 7.56. The Morgan fingerprint density at radius 2 is 1.88 bits per heavy atom. The number of halogens is 2. The third-order valence-corrected chi connectivity index (χ3v) is 3.58. The largest absolute Gasteiger partial charge is 0.488 e. The maximum atomic E-state index is 12.3. The Kier molecular flexibility index (Phi) is 8.61. The number of hydrogen-bond acceptors (Lipinski definition) is 3. The van der Waals surface area contributed by atoms with Crippen molar-refractivity contribution in [2.24, 2.45) is 5.73 Å². The van der Waals surface area contributed by atoms with Crippen molar-refractivity contribution < 1.29 is 9.53 Å². The molecule has 2 aromatic carbocycles. The van der Waals surface area contributed by atoms with Gasteiger partial charge in [-0.15, -0.1) is 12.4 Å². The molecule has 24 heavy (non-hydrogen) atoms. The second kappa shape index (κ2) is 10.2. The number of amides is 1. The third kappa shape index (κ3) is 6.40. The minimum Gasteiger partial charge on any atom is -0.488 e. The van der Waals surface area contributed by atoms with E-state index in [0.29, 0.717) is 29.5 Å². The van der Waals surface area contributed by atoms with Crippen LogP contribution in [-0.2, 0) is 6.61 Å². The molecule has 0 aliphatic heterocycles. The van der Waals surface area contributed by atoms with Crippen LogP contribution in [0.4, 0.5) is 0 Å². The zero-order valence-electron chi connectivity index (χ0n) is 13.5. The van der Waals surface area contributed by atoms with E-state index >= 15 is 0 Å². The molecule has 0 saturated heterocycles. The maximum Gasteiger partial charge on any atom is 0.255 e. The van der Waals surface area contributed by atoms with Gasteiger partial charge in [-0.25, -0.2) is 0 Å².